The molecule has 0 bridgehead atoms. The summed E-state index contributed by atoms with van der Waals surface area (Å²) in [7, 11) is 0. The SMILES string of the molecule is CC.CCOC(=O)C1CSC(c2ccc3c(c2)OCO3)N1. The van der Waals surface area contributed by atoms with Crippen LogP contribution in [0.25, 0.3) is 0 Å². The van der Waals surface area contributed by atoms with Crippen molar-refractivity contribution >= 4 is 17.7 Å². The van der Waals surface area contributed by atoms with Gasteiger partial charge in [0, 0.05) is 5.75 Å². The van der Waals surface area contributed by atoms with Gasteiger partial charge in [-0.25, -0.2) is 0 Å². The summed E-state index contributed by atoms with van der Waals surface area (Å²) in [6.07, 6.45) is 0. The number of carbonyl (C=O) groups is 1. The Kier molecular flexibility index (Phi) is 5.76. The smallest absolute Gasteiger partial charge is 0.324 e. The largest absolute Gasteiger partial charge is 0.465 e. The molecule has 2 heterocycles. The first-order chi connectivity index (χ1) is 10.3. The minimum atomic E-state index is -0.236. The maximum Gasteiger partial charge on any atom is 0.324 e. The van der Waals surface area contributed by atoms with Crippen LogP contribution in [0.1, 0.15) is 31.7 Å². The Morgan fingerprint density at radius 2 is 2.14 bits per heavy atom. The molecule has 1 saturated heterocycles. The van der Waals surface area contributed by atoms with Gasteiger partial charge in [0.1, 0.15) is 6.04 Å². The summed E-state index contributed by atoms with van der Waals surface area (Å²) >= 11 is 1.69. The molecule has 2 unspecified atom stereocenters. The molecule has 2 atom stereocenters. The molecule has 21 heavy (non-hydrogen) atoms. The fourth-order valence-electron chi connectivity index (χ4n) is 2.12. The Hall–Kier alpha value is -1.40. The van der Waals surface area contributed by atoms with Crippen molar-refractivity contribution in [3.05, 3.63) is 23.8 Å². The lowest BCUT2D eigenvalue weighted by Crippen LogP contribution is -2.35. The number of benzene rings is 1. The van der Waals surface area contributed by atoms with Crippen molar-refractivity contribution < 1.29 is 19.0 Å². The predicted molar refractivity (Wildman–Crippen MR) is 82.7 cm³/mol. The third kappa shape index (κ3) is 3.63. The average Bonchev–Trinajstić information content (AvgIpc) is 3.18. The van der Waals surface area contributed by atoms with Crippen LogP contribution in [-0.4, -0.2) is 31.2 Å². The number of rotatable bonds is 3. The Labute approximate surface area is 129 Å². The van der Waals surface area contributed by atoms with Crippen molar-refractivity contribution in [1.29, 1.82) is 0 Å². The van der Waals surface area contributed by atoms with Crippen LogP contribution in [0.15, 0.2) is 18.2 Å². The highest BCUT2D eigenvalue weighted by molar-refractivity contribution is 7.99. The van der Waals surface area contributed by atoms with E-state index < -0.39 is 0 Å². The minimum absolute atomic E-state index is 0.0870. The van der Waals surface area contributed by atoms with E-state index in [1.807, 2.05) is 39.0 Å². The maximum atomic E-state index is 11.7. The van der Waals surface area contributed by atoms with Crippen molar-refractivity contribution in [3.8, 4) is 11.5 Å². The highest BCUT2D eigenvalue weighted by Gasteiger charge is 2.32. The summed E-state index contributed by atoms with van der Waals surface area (Å²) in [6.45, 7) is 6.50. The average molecular weight is 311 g/mol. The number of nitrogens with one attached hydrogen (secondary N) is 1. The van der Waals surface area contributed by atoms with E-state index in [2.05, 4.69) is 5.32 Å². The topological polar surface area (TPSA) is 56.8 Å². The van der Waals surface area contributed by atoms with E-state index in [0.717, 1.165) is 22.8 Å². The first kappa shape index (κ1) is 16.0. The second kappa shape index (κ2) is 7.56. The van der Waals surface area contributed by atoms with Crippen molar-refractivity contribution in [2.24, 2.45) is 0 Å². The van der Waals surface area contributed by atoms with Crippen molar-refractivity contribution in [1.82, 2.24) is 5.32 Å². The molecule has 1 fully saturated rings. The lowest BCUT2D eigenvalue weighted by Gasteiger charge is -2.13. The quantitative estimate of drug-likeness (QED) is 0.866. The van der Waals surface area contributed by atoms with Gasteiger partial charge in [-0.15, -0.1) is 11.8 Å². The third-order valence-corrected chi connectivity index (χ3v) is 4.32. The van der Waals surface area contributed by atoms with Crippen LogP contribution in [0.3, 0.4) is 0 Å². The molecule has 116 valence electrons. The zero-order valence-corrected chi connectivity index (χ0v) is 13.4. The summed E-state index contributed by atoms with van der Waals surface area (Å²) in [6, 6.07) is 5.62. The van der Waals surface area contributed by atoms with Gasteiger partial charge in [-0.05, 0) is 24.6 Å². The molecule has 0 aromatic heterocycles. The molecule has 0 aliphatic carbocycles. The van der Waals surface area contributed by atoms with Gasteiger partial charge < -0.3 is 14.2 Å². The number of thioether (sulfide) groups is 1. The third-order valence-electron chi connectivity index (χ3n) is 3.05. The molecule has 0 saturated carbocycles. The summed E-state index contributed by atoms with van der Waals surface area (Å²) in [5.74, 6) is 2.07. The number of hydrogen-bond donors (Lipinski definition) is 1. The summed E-state index contributed by atoms with van der Waals surface area (Å²) in [4.78, 5) is 11.7. The van der Waals surface area contributed by atoms with Crippen molar-refractivity contribution in [2.45, 2.75) is 32.2 Å². The van der Waals surface area contributed by atoms with Gasteiger partial charge in [-0.3, -0.25) is 10.1 Å². The fraction of sp³-hybridized carbons (Fsp3) is 0.533. The molecule has 1 aromatic carbocycles. The van der Waals surface area contributed by atoms with Crippen LogP contribution >= 0.6 is 11.8 Å². The van der Waals surface area contributed by atoms with E-state index in [0.29, 0.717) is 6.61 Å². The van der Waals surface area contributed by atoms with Gasteiger partial charge in [-0.2, -0.15) is 0 Å². The van der Waals surface area contributed by atoms with E-state index in [4.69, 9.17) is 14.2 Å². The lowest BCUT2D eigenvalue weighted by molar-refractivity contribution is -0.144. The van der Waals surface area contributed by atoms with Crippen LogP contribution in [0.5, 0.6) is 11.5 Å². The number of fused-ring (bicyclic) bond motifs is 1. The predicted octanol–water partition coefficient (Wildman–Crippen LogP) is 2.71. The number of hydrogen-bond acceptors (Lipinski definition) is 6. The van der Waals surface area contributed by atoms with Gasteiger partial charge in [0.05, 0.1) is 12.0 Å². The standard InChI is InChI=1S/C13H15NO4S.C2H6/c1-2-16-13(15)9-6-19-12(14-9)8-3-4-10-11(5-8)18-7-17-10;1-2/h3-5,9,12,14H,2,6-7H2,1H3;1-2H3. The van der Waals surface area contributed by atoms with Crippen LogP contribution in [0, 0.1) is 0 Å². The van der Waals surface area contributed by atoms with E-state index in [1.54, 1.807) is 11.8 Å². The number of esters is 1. The highest BCUT2D eigenvalue weighted by atomic mass is 32.2. The molecule has 0 spiro atoms. The van der Waals surface area contributed by atoms with Crippen molar-refractivity contribution in [3.63, 3.8) is 0 Å². The molecule has 5 nitrogen and oxygen atoms in total. The molecule has 0 radical (unpaired) electrons. The summed E-state index contributed by atoms with van der Waals surface area (Å²) in [5, 5.41) is 3.36. The van der Waals surface area contributed by atoms with Crippen LogP contribution in [0.2, 0.25) is 0 Å². The van der Waals surface area contributed by atoms with Gasteiger partial charge in [0.15, 0.2) is 11.5 Å². The molecule has 2 aliphatic heterocycles. The zero-order valence-electron chi connectivity index (χ0n) is 12.5. The van der Waals surface area contributed by atoms with Crippen LogP contribution in [-0.2, 0) is 9.53 Å². The first-order valence-corrected chi connectivity index (χ1v) is 8.26. The van der Waals surface area contributed by atoms with Crippen LogP contribution < -0.4 is 14.8 Å². The lowest BCUT2D eigenvalue weighted by atomic mass is 10.2. The Balaban J connectivity index is 0.000000774. The molecule has 3 rings (SSSR count). The second-order valence-corrected chi connectivity index (χ2v) is 5.44. The summed E-state index contributed by atoms with van der Waals surface area (Å²) in [5.41, 5.74) is 1.08. The molecule has 1 N–H and O–H groups in total. The Morgan fingerprint density at radius 1 is 1.38 bits per heavy atom. The molecular weight excluding hydrogens is 290 g/mol. The number of carbonyl (C=O) groups excluding carboxylic acids is 1. The maximum absolute atomic E-state index is 11.7. The summed E-state index contributed by atoms with van der Waals surface area (Å²) < 4.78 is 15.7. The van der Waals surface area contributed by atoms with Gasteiger partial charge in [0.25, 0.3) is 0 Å². The minimum Gasteiger partial charge on any atom is -0.465 e. The van der Waals surface area contributed by atoms with Gasteiger partial charge in [0.2, 0.25) is 6.79 Å². The Morgan fingerprint density at radius 3 is 2.90 bits per heavy atom. The molecule has 2 aliphatic rings. The normalized spacial score (nSPS) is 22.4. The van der Waals surface area contributed by atoms with Gasteiger partial charge in [-0.1, -0.05) is 19.9 Å². The second-order valence-electron chi connectivity index (χ2n) is 4.30. The van der Waals surface area contributed by atoms with Crippen LogP contribution in [0.4, 0.5) is 0 Å². The molecular formula is C15H21NO4S. The molecule has 1 aromatic rings. The Bertz CT molecular complexity index is 495. The first-order valence-electron chi connectivity index (χ1n) is 7.21. The molecule has 6 heteroatoms. The van der Waals surface area contributed by atoms with Crippen molar-refractivity contribution in [2.75, 3.05) is 19.2 Å². The van der Waals surface area contributed by atoms with E-state index >= 15 is 0 Å². The fourth-order valence-corrected chi connectivity index (χ4v) is 3.34. The molecule has 0 amide bonds. The van der Waals surface area contributed by atoms with E-state index in [9.17, 15) is 4.79 Å². The van der Waals surface area contributed by atoms with Gasteiger partial charge >= 0.3 is 5.97 Å². The number of ether oxygens (including phenoxy) is 3. The van der Waals surface area contributed by atoms with E-state index in [-0.39, 0.29) is 24.2 Å². The zero-order chi connectivity index (χ0) is 15.2. The van der Waals surface area contributed by atoms with E-state index in [1.165, 1.54) is 0 Å². The monoisotopic (exact) mass is 311 g/mol. The highest BCUT2D eigenvalue weighted by Crippen LogP contribution is 2.39.